The minimum absolute atomic E-state index is 1.06. The number of hydrogen-bond donors (Lipinski definition) is 0. The van der Waals surface area contributed by atoms with Gasteiger partial charge in [0.15, 0.2) is 0 Å². The van der Waals surface area contributed by atoms with Crippen molar-refractivity contribution in [1.82, 2.24) is 7.76 Å². The van der Waals surface area contributed by atoms with E-state index < -0.39 is 0 Å². The molecule has 1 aromatic heterocycles. The number of halogens is 3. The van der Waals surface area contributed by atoms with E-state index in [0.717, 1.165) is 9.53 Å². The van der Waals surface area contributed by atoms with E-state index in [1.54, 1.807) is 0 Å². The maximum atomic E-state index is 4.24. The van der Waals surface area contributed by atoms with Gasteiger partial charge in [0.25, 0.3) is 0 Å². The van der Waals surface area contributed by atoms with Crippen LogP contribution in [-0.2, 0) is 0 Å². The molecule has 0 unspecified atom stereocenters. The number of hydrogen-bond acceptors (Lipinski definition) is 1. The van der Waals surface area contributed by atoms with Gasteiger partial charge in [0, 0.05) is 0 Å². The van der Waals surface area contributed by atoms with E-state index in [0.29, 0.717) is 0 Å². The second-order valence-corrected chi connectivity index (χ2v) is 4.53. The summed E-state index contributed by atoms with van der Waals surface area (Å²) in [6.45, 7) is 2.00. The van der Waals surface area contributed by atoms with E-state index in [-0.39, 0.29) is 0 Å². The summed E-state index contributed by atoms with van der Waals surface area (Å²) in [5.41, 5.74) is 0. The van der Waals surface area contributed by atoms with E-state index in [1.165, 1.54) is 3.70 Å². The highest BCUT2D eigenvalue weighted by molar-refractivity contribution is 14.1. The third kappa shape index (κ3) is 1.70. The first-order valence-corrected chi connectivity index (χ1v) is 5.31. The van der Waals surface area contributed by atoms with Crippen molar-refractivity contribution in [3.05, 3.63) is 13.2 Å². The number of aryl methyl sites for hydroxylation is 1. The molecule has 0 saturated heterocycles. The van der Waals surface area contributed by atoms with Crippen molar-refractivity contribution in [2.45, 2.75) is 6.92 Å². The van der Waals surface area contributed by atoms with Gasteiger partial charge in [-0.15, -0.1) is 0 Å². The molecule has 0 saturated carbocycles. The van der Waals surface area contributed by atoms with E-state index >= 15 is 0 Å². The highest BCUT2D eigenvalue weighted by atomic mass is 127. The zero-order valence-corrected chi connectivity index (χ0v) is 11.0. The van der Waals surface area contributed by atoms with Gasteiger partial charge < -0.3 is 0 Å². The zero-order valence-electron chi connectivity index (χ0n) is 4.53. The summed E-state index contributed by atoms with van der Waals surface area (Å²) in [4.78, 5) is 4.24. The van der Waals surface area contributed by atoms with E-state index in [1.807, 2.05) is 9.70 Å². The molecule has 1 rings (SSSR count). The topological polar surface area (TPSA) is 17.8 Å². The highest BCUT2D eigenvalue weighted by Crippen LogP contribution is 2.17. The van der Waals surface area contributed by atoms with Crippen molar-refractivity contribution in [3.8, 4) is 0 Å². The Morgan fingerprint density at radius 1 is 1.44 bits per heavy atom. The Morgan fingerprint density at radius 3 is 2.11 bits per heavy atom. The molecule has 5 heteroatoms. The van der Waals surface area contributed by atoms with Crippen LogP contribution >= 0.6 is 68.0 Å². The monoisotopic (exact) mass is 460 g/mol. The van der Waals surface area contributed by atoms with Crippen LogP contribution in [0.15, 0.2) is 0 Å². The highest BCUT2D eigenvalue weighted by Gasteiger charge is 2.05. The SMILES string of the molecule is Cc1nc(I)c(I)n1I. The Kier molecular flexibility index (Phi) is 3.02. The fourth-order valence-electron chi connectivity index (χ4n) is 0.455. The number of aromatic nitrogens is 2. The summed E-state index contributed by atoms with van der Waals surface area (Å²) in [5.74, 6) is 1.06. The first-order valence-electron chi connectivity index (χ1n) is 2.19. The molecule has 1 aromatic rings. The van der Waals surface area contributed by atoms with Crippen LogP contribution in [0.2, 0.25) is 0 Å². The maximum Gasteiger partial charge on any atom is 0.134 e. The van der Waals surface area contributed by atoms with Crippen molar-refractivity contribution >= 4 is 68.0 Å². The lowest BCUT2D eigenvalue weighted by atomic mass is 10.8. The molecule has 0 bridgehead atoms. The Bertz CT molecular complexity index is 207. The molecule has 0 N–H and O–H groups in total. The lowest BCUT2D eigenvalue weighted by Crippen LogP contribution is -1.83. The number of imidazole rings is 1. The molecule has 2 nitrogen and oxygen atoms in total. The molecule has 0 aliphatic heterocycles. The fraction of sp³-hybridized carbons (Fsp3) is 0.250. The molecule has 0 aliphatic rings. The Morgan fingerprint density at radius 2 is 2.00 bits per heavy atom. The van der Waals surface area contributed by atoms with Crippen LogP contribution in [0.25, 0.3) is 0 Å². The van der Waals surface area contributed by atoms with Crippen LogP contribution in [0.3, 0.4) is 0 Å². The third-order valence-electron chi connectivity index (χ3n) is 0.887. The summed E-state index contributed by atoms with van der Waals surface area (Å²) in [6.07, 6.45) is 0. The van der Waals surface area contributed by atoms with Crippen LogP contribution in [0.5, 0.6) is 0 Å². The Balaban J connectivity index is 3.29. The quantitative estimate of drug-likeness (QED) is 0.545. The fourth-order valence-corrected chi connectivity index (χ4v) is 2.31. The second-order valence-electron chi connectivity index (χ2n) is 1.52. The predicted molar refractivity (Wildman–Crippen MR) is 61.8 cm³/mol. The summed E-state index contributed by atoms with van der Waals surface area (Å²) < 4.78 is 4.33. The van der Waals surface area contributed by atoms with Gasteiger partial charge in [-0.05, 0) is 52.1 Å². The van der Waals surface area contributed by atoms with Gasteiger partial charge in [-0.2, -0.15) is 0 Å². The van der Waals surface area contributed by atoms with Crippen molar-refractivity contribution in [3.63, 3.8) is 0 Å². The number of rotatable bonds is 0. The standard InChI is InChI=1S/C4H3I3N2/c1-2-8-3(5)4(6)9(2)7/h1H3. The molecule has 0 atom stereocenters. The smallest absolute Gasteiger partial charge is 0.134 e. The Labute approximate surface area is 94.6 Å². The summed E-state index contributed by atoms with van der Waals surface area (Å²) in [7, 11) is 0. The first-order chi connectivity index (χ1) is 4.13. The molecule has 1 heterocycles. The van der Waals surface area contributed by atoms with Crippen LogP contribution in [0.4, 0.5) is 0 Å². The normalized spacial score (nSPS) is 10.2. The molecule has 0 amide bonds. The van der Waals surface area contributed by atoms with Crippen LogP contribution in [0, 0.1) is 14.3 Å². The first kappa shape index (κ1) is 8.50. The van der Waals surface area contributed by atoms with Gasteiger partial charge >= 0.3 is 0 Å². The molecule has 0 aliphatic carbocycles. The average molecular weight is 460 g/mol. The van der Waals surface area contributed by atoms with E-state index in [9.17, 15) is 0 Å². The van der Waals surface area contributed by atoms with Crippen LogP contribution < -0.4 is 0 Å². The lowest BCUT2D eigenvalue weighted by Gasteiger charge is -1.89. The predicted octanol–water partition coefficient (Wildman–Crippen LogP) is 2.60. The minimum Gasteiger partial charge on any atom is -0.262 e. The van der Waals surface area contributed by atoms with Crippen molar-refractivity contribution < 1.29 is 0 Å². The molecule has 50 valence electrons. The van der Waals surface area contributed by atoms with Crippen molar-refractivity contribution in [1.29, 1.82) is 0 Å². The average Bonchev–Trinajstić information content (AvgIpc) is 1.98. The van der Waals surface area contributed by atoms with Crippen LogP contribution in [-0.4, -0.2) is 7.76 Å². The molecule has 9 heavy (non-hydrogen) atoms. The van der Waals surface area contributed by atoms with Gasteiger partial charge in [0.1, 0.15) is 13.2 Å². The maximum absolute atomic E-state index is 4.24. The van der Waals surface area contributed by atoms with E-state index in [4.69, 9.17) is 0 Å². The number of nitrogens with zero attached hydrogens (tertiary/aromatic N) is 2. The summed E-state index contributed by atoms with van der Waals surface area (Å²) in [6, 6.07) is 0. The van der Waals surface area contributed by atoms with Gasteiger partial charge in [-0.1, -0.05) is 0 Å². The third-order valence-corrected chi connectivity index (χ3v) is 5.77. The van der Waals surface area contributed by atoms with Gasteiger partial charge in [-0.3, -0.25) is 2.78 Å². The van der Waals surface area contributed by atoms with Crippen molar-refractivity contribution in [2.75, 3.05) is 0 Å². The summed E-state index contributed by atoms with van der Waals surface area (Å²) in [5, 5.41) is 0. The minimum atomic E-state index is 1.06. The molecule has 0 aromatic carbocycles. The molecular weight excluding hydrogens is 457 g/mol. The Hall–Kier alpha value is 1.40. The van der Waals surface area contributed by atoms with Crippen molar-refractivity contribution in [2.24, 2.45) is 0 Å². The molecule has 0 radical (unpaired) electrons. The molecule has 0 spiro atoms. The summed E-state index contributed by atoms with van der Waals surface area (Å²) >= 11 is 6.73. The van der Waals surface area contributed by atoms with Crippen LogP contribution in [0.1, 0.15) is 5.82 Å². The van der Waals surface area contributed by atoms with Gasteiger partial charge in [0.05, 0.1) is 22.9 Å². The molecule has 0 fully saturated rings. The van der Waals surface area contributed by atoms with Gasteiger partial charge in [-0.25, -0.2) is 4.98 Å². The van der Waals surface area contributed by atoms with E-state index in [2.05, 4.69) is 73.0 Å². The lowest BCUT2D eigenvalue weighted by molar-refractivity contribution is 1.11. The van der Waals surface area contributed by atoms with Gasteiger partial charge in [0.2, 0.25) is 0 Å². The second kappa shape index (κ2) is 3.20. The molecular formula is C4H3I3N2. The zero-order chi connectivity index (χ0) is 7.02. The largest absolute Gasteiger partial charge is 0.262 e.